The second-order valence-electron chi connectivity index (χ2n) is 4.67. The largest absolute Gasteiger partial charge is 0.359 e. The summed E-state index contributed by atoms with van der Waals surface area (Å²) in [5.74, 6) is 1.20. The van der Waals surface area contributed by atoms with E-state index in [0.29, 0.717) is 11.5 Å². The van der Waals surface area contributed by atoms with Crippen LogP contribution in [0.5, 0.6) is 0 Å². The third kappa shape index (κ3) is 2.90. The number of hydrogen-bond acceptors (Lipinski definition) is 6. The van der Waals surface area contributed by atoms with E-state index < -0.39 is 0 Å². The van der Waals surface area contributed by atoms with Gasteiger partial charge >= 0.3 is 0 Å². The average molecular weight is 275 g/mol. The lowest BCUT2D eigenvalue weighted by molar-refractivity contribution is 0.0821. The maximum absolute atomic E-state index is 11.7. The van der Waals surface area contributed by atoms with Gasteiger partial charge in [0.05, 0.1) is 6.04 Å². The van der Waals surface area contributed by atoms with Gasteiger partial charge in [-0.1, -0.05) is 0 Å². The fourth-order valence-corrected chi connectivity index (χ4v) is 1.72. The first-order chi connectivity index (χ1) is 9.49. The highest BCUT2D eigenvalue weighted by Gasteiger charge is 2.13. The topological polar surface area (TPSA) is 88.8 Å². The number of nitrogens with zero attached hydrogens (tertiary/aromatic N) is 6. The van der Waals surface area contributed by atoms with Crippen LogP contribution in [0.4, 0.5) is 5.82 Å². The highest BCUT2D eigenvalue weighted by Crippen LogP contribution is 2.14. The molecule has 106 valence electrons. The van der Waals surface area contributed by atoms with E-state index in [4.69, 9.17) is 0 Å². The zero-order valence-electron chi connectivity index (χ0n) is 11.9. The van der Waals surface area contributed by atoms with Gasteiger partial charge in [-0.05, 0) is 19.1 Å². The van der Waals surface area contributed by atoms with E-state index in [1.54, 1.807) is 32.6 Å². The molecule has 1 unspecified atom stereocenters. The molecule has 0 saturated heterocycles. The third-order valence-corrected chi connectivity index (χ3v) is 2.79. The number of rotatable bonds is 4. The summed E-state index contributed by atoms with van der Waals surface area (Å²) in [4.78, 5) is 13.1. The molecular weight excluding hydrogens is 258 g/mol. The normalized spacial score (nSPS) is 12.0. The quantitative estimate of drug-likeness (QED) is 0.873. The van der Waals surface area contributed by atoms with Gasteiger partial charge in [0.25, 0.3) is 5.91 Å². The second kappa shape index (κ2) is 5.64. The summed E-state index contributed by atoms with van der Waals surface area (Å²) in [5.41, 5.74) is 0.312. The number of carbonyl (C=O) groups excluding carboxylic acids is 1. The van der Waals surface area contributed by atoms with Crippen LogP contribution in [-0.4, -0.2) is 49.9 Å². The monoisotopic (exact) mass is 275 g/mol. The van der Waals surface area contributed by atoms with Gasteiger partial charge in [-0.3, -0.25) is 4.79 Å². The Kier molecular flexibility index (Phi) is 3.92. The van der Waals surface area contributed by atoms with Crippen molar-refractivity contribution in [2.24, 2.45) is 7.05 Å². The molecule has 8 heteroatoms. The maximum Gasteiger partial charge on any atom is 0.273 e. The van der Waals surface area contributed by atoms with Crippen LogP contribution in [0.25, 0.3) is 0 Å². The number of anilines is 1. The molecule has 20 heavy (non-hydrogen) atoms. The van der Waals surface area contributed by atoms with Crippen molar-refractivity contribution in [3.8, 4) is 0 Å². The molecule has 1 amide bonds. The Morgan fingerprint density at radius 1 is 1.30 bits per heavy atom. The molecule has 2 heterocycles. The van der Waals surface area contributed by atoms with Crippen molar-refractivity contribution in [3.63, 3.8) is 0 Å². The van der Waals surface area contributed by atoms with Crippen LogP contribution < -0.4 is 5.32 Å². The van der Waals surface area contributed by atoms with Crippen molar-refractivity contribution in [3.05, 3.63) is 30.0 Å². The van der Waals surface area contributed by atoms with Gasteiger partial charge < -0.3 is 14.8 Å². The third-order valence-electron chi connectivity index (χ3n) is 2.79. The van der Waals surface area contributed by atoms with Crippen LogP contribution >= 0.6 is 0 Å². The van der Waals surface area contributed by atoms with E-state index in [-0.39, 0.29) is 11.9 Å². The average Bonchev–Trinajstić information content (AvgIpc) is 2.85. The molecule has 8 nitrogen and oxygen atoms in total. The molecule has 0 bridgehead atoms. The standard InChI is InChI=1S/C12H17N7O/c1-8(11-17-13-7-19(11)4)14-10-6-5-9(15-16-10)12(20)18(2)3/h5-8H,1-4H3,(H,14,16). The first-order valence-electron chi connectivity index (χ1n) is 6.15. The number of nitrogens with one attached hydrogen (secondary N) is 1. The maximum atomic E-state index is 11.7. The molecule has 0 fully saturated rings. The highest BCUT2D eigenvalue weighted by atomic mass is 16.2. The first-order valence-corrected chi connectivity index (χ1v) is 6.15. The second-order valence-corrected chi connectivity index (χ2v) is 4.67. The predicted octanol–water partition coefficient (Wildman–Crippen LogP) is 0.480. The van der Waals surface area contributed by atoms with Gasteiger partial charge in [-0.2, -0.15) is 0 Å². The van der Waals surface area contributed by atoms with E-state index in [0.717, 1.165) is 5.82 Å². The lowest BCUT2D eigenvalue weighted by Gasteiger charge is -2.13. The Balaban J connectivity index is 2.08. The summed E-state index contributed by atoms with van der Waals surface area (Å²) in [7, 11) is 5.22. The molecule has 0 radical (unpaired) electrons. The van der Waals surface area contributed by atoms with Crippen LogP contribution in [0.3, 0.4) is 0 Å². The summed E-state index contributed by atoms with van der Waals surface area (Å²) in [6.07, 6.45) is 1.64. The molecule has 0 aliphatic heterocycles. The van der Waals surface area contributed by atoms with E-state index in [9.17, 15) is 4.79 Å². The van der Waals surface area contributed by atoms with Crippen LogP contribution in [0.2, 0.25) is 0 Å². The molecule has 0 saturated carbocycles. The van der Waals surface area contributed by atoms with E-state index in [1.165, 1.54) is 4.90 Å². The Morgan fingerprint density at radius 3 is 2.55 bits per heavy atom. The van der Waals surface area contributed by atoms with Crippen molar-refractivity contribution in [2.45, 2.75) is 13.0 Å². The summed E-state index contributed by atoms with van der Waals surface area (Å²) in [6, 6.07) is 3.30. The lowest BCUT2D eigenvalue weighted by Crippen LogP contribution is -2.23. The molecule has 0 spiro atoms. The molecule has 2 rings (SSSR count). The number of aryl methyl sites for hydroxylation is 1. The van der Waals surface area contributed by atoms with Gasteiger partial charge in [0.15, 0.2) is 11.5 Å². The number of carbonyl (C=O) groups is 1. The first kappa shape index (κ1) is 13.9. The van der Waals surface area contributed by atoms with Crippen molar-refractivity contribution in [2.75, 3.05) is 19.4 Å². The zero-order chi connectivity index (χ0) is 14.7. The van der Waals surface area contributed by atoms with Gasteiger partial charge in [0, 0.05) is 21.1 Å². The smallest absolute Gasteiger partial charge is 0.273 e. The molecule has 1 atom stereocenters. The van der Waals surface area contributed by atoms with Crippen LogP contribution in [-0.2, 0) is 7.05 Å². The highest BCUT2D eigenvalue weighted by molar-refractivity contribution is 5.91. The minimum atomic E-state index is -0.176. The van der Waals surface area contributed by atoms with Crippen molar-refractivity contribution < 1.29 is 4.79 Å². The minimum absolute atomic E-state index is 0.0628. The van der Waals surface area contributed by atoms with Gasteiger partial charge in [-0.25, -0.2) is 0 Å². The molecule has 2 aromatic heterocycles. The van der Waals surface area contributed by atoms with Gasteiger partial charge in [0.1, 0.15) is 12.1 Å². The van der Waals surface area contributed by atoms with Gasteiger partial charge in [-0.15, -0.1) is 20.4 Å². The molecule has 0 aromatic carbocycles. The van der Waals surface area contributed by atoms with E-state index in [2.05, 4.69) is 25.7 Å². The van der Waals surface area contributed by atoms with Crippen LogP contribution in [0.1, 0.15) is 29.3 Å². The Labute approximate surface area is 116 Å². The summed E-state index contributed by atoms with van der Waals surface area (Å²) < 4.78 is 1.83. The van der Waals surface area contributed by atoms with Crippen LogP contribution in [0.15, 0.2) is 18.5 Å². The Hall–Kier alpha value is -2.51. The van der Waals surface area contributed by atoms with Crippen molar-refractivity contribution >= 4 is 11.7 Å². The van der Waals surface area contributed by atoms with Crippen LogP contribution in [0, 0.1) is 0 Å². The SMILES string of the molecule is CC(Nc1ccc(C(=O)N(C)C)nn1)c1nncn1C. The number of amides is 1. The van der Waals surface area contributed by atoms with E-state index >= 15 is 0 Å². The lowest BCUT2D eigenvalue weighted by atomic mass is 10.3. The fourth-order valence-electron chi connectivity index (χ4n) is 1.72. The Bertz CT molecular complexity index is 590. The van der Waals surface area contributed by atoms with Gasteiger partial charge in [0.2, 0.25) is 0 Å². The molecule has 1 N–H and O–H groups in total. The summed E-state index contributed by atoms with van der Waals surface area (Å²) in [5, 5.41) is 18.9. The van der Waals surface area contributed by atoms with Crippen molar-refractivity contribution in [1.29, 1.82) is 0 Å². The Morgan fingerprint density at radius 2 is 2.05 bits per heavy atom. The summed E-state index contributed by atoms with van der Waals surface area (Å²) in [6.45, 7) is 1.95. The number of aromatic nitrogens is 5. The van der Waals surface area contributed by atoms with Crippen molar-refractivity contribution in [1.82, 2.24) is 29.9 Å². The predicted molar refractivity (Wildman–Crippen MR) is 73.1 cm³/mol. The molecule has 0 aliphatic carbocycles. The number of hydrogen-bond donors (Lipinski definition) is 1. The minimum Gasteiger partial charge on any atom is -0.359 e. The molecule has 0 aliphatic rings. The summed E-state index contributed by atoms with van der Waals surface area (Å²) >= 11 is 0. The van der Waals surface area contributed by atoms with E-state index in [1.807, 2.05) is 18.5 Å². The zero-order valence-corrected chi connectivity index (χ0v) is 11.9. The molecule has 2 aromatic rings. The molecular formula is C12H17N7O. The fraction of sp³-hybridized carbons (Fsp3) is 0.417.